The first-order valence-corrected chi connectivity index (χ1v) is 8.12. The summed E-state index contributed by atoms with van der Waals surface area (Å²) in [6.45, 7) is 0. The number of hydrogen-bond acceptors (Lipinski definition) is 6. The van der Waals surface area contributed by atoms with Gasteiger partial charge in [-0.2, -0.15) is 5.10 Å². The molecule has 134 valence electrons. The van der Waals surface area contributed by atoms with Gasteiger partial charge in [0.05, 0.1) is 17.3 Å². The van der Waals surface area contributed by atoms with Crippen molar-refractivity contribution in [2.24, 2.45) is 14.1 Å². The fourth-order valence-corrected chi connectivity index (χ4v) is 2.82. The van der Waals surface area contributed by atoms with Crippen LogP contribution in [0.1, 0.15) is 10.5 Å². The van der Waals surface area contributed by atoms with Crippen molar-refractivity contribution in [2.45, 2.75) is 0 Å². The van der Waals surface area contributed by atoms with Crippen molar-refractivity contribution in [3.8, 4) is 11.5 Å². The van der Waals surface area contributed by atoms with Gasteiger partial charge >= 0.3 is 0 Å². The first kappa shape index (κ1) is 16.6. The third kappa shape index (κ3) is 2.84. The standard InChI is InChI=1S/C18H15N7O2/c1-24-16(14-6-7-21-25(14)2)23-15-11(18(24)27)4-3-5-12(15)22-17(26)13-10-19-8-9-20-13/h3-10H,1-2H3,(H,22,26). The number of para-hydroxylation sites is 1. The Kier molecular flexibility index (Phi) is 3.96. The van der Waals surface area contributed by atoms with E-state index in [1.165, 1.54) is 23.2 Å². The lowest BCUT2D eigenvalue weighted by Crippen LogP contribution is -2.22. The van der Waals surface area contributed by atoms with Gasteiger partial charge in [0.15, 0.2) is 5.82 Å². The first-order chi connectivity index (χ1) is 13.1. The SMILES string of the molecule is Cn1nccc1-c1nc2c(NC(=O)c3cnccn3)cccc2c(=O)n1C. The molecule has 4 rings (SSSR count). The molecular weight excluding hydrogens is 346 g/mol. The molecule has 0 aliphatic heterocycles. The lowest BCUT2D eigenvalue weighted by Gasteiger charge is -2.12. The van der Waals surface area contributed by atoms with Gasteiger partial charge in [-0.25, -0.2) is 9.97 Å². The number of nitrogens with zero attached hydrogens (tertiary/aromatic N) is 6. The predicted octanol–water partition coefficient (Wildman–Crippen LogP) is 1.38. The predicted molar refractivity (Wildman–Crippen MR) is 99.2 cm³/mol. The third-order valence-corrected chi connectivity index (χ3v) is 4.20. The molecule has 4 aromatic rings. The topological polar surface area (TPSA) is 108 Å². The first-order valence-electron chi connectivity index (χ1n) is 8.12. The number of fused-ring (bicyclic) bond motifs is 1. The number of aryl methyl sites for hydroxylation is 1. The molecule has 9 heteroatoms. The van der Waals surface area contributed by atoms with Crippen molar-refractivity contribution in [3.05, 3.63) is 65.1 Å². The Labute approximate surface area is 153 Å². The van der Waals surface area contributed by atoms with Crippen LogP contribution in [-0.4, -0.2) is 35.2 Å². The molecule has 0 fully saturated rings. The average molecular weight is 361 g/mol. The average Bonchev–Trinajstić information content (AvgIpc) is 3.11. The monoisotopic (exact) mass is 361 g/mol. The Balaban J connectivity index is 1.87. The lowest BCUT2D eigenvalue weighted by atomic mass is 10.2. The van der Waals surface area contributed by atoms with Gasteiger partial charge in [-0.3, -0.25) is 23.8 Å². The number of rotatable bonds is 3. The van der Waals surface area contributed by atoms with Gasteiger partial charge in [-0.05, 0) is 18.2 Å². The summed E-state index contributed by atoms with van der Waals surface area (Å²) < 4.78 is 3.10. The smallest absolute Gasteiger partial charge is 0.275 e. The lowest BCUT2D eigenvalue weighted by molar-refractivity contribution is 0.102. The molecule has 27 heavy (non-hydrogen) atoms. The van der Waals surface area contributed by atoms with Crippen molar-refractivity contribution < 1.29 is 4.79 Å². The summed E-state index contributed by atoms with van der Waals surface area (Å²) in [5.74, 6) is 0.0221. The van der Waals surface area contributed by atoms with Crippen LogP contribution in [-0.2, 0) is 14.1 Å². The normalized spacial score (nSPS) is 10.9. The molecule has 9 nitrogen and oxygen atoms in total. The highest BCUT2D eigenvalue weighted by Crippen LogP contribution is 2.23. The van der Waals surface area contributed by atoms with Crippen LogP contribution in [0.5, 0.6) is 0 Å². The summed E-state index contributed by atoms with van der Waals surface area (Å²) >= 11 is 0. The van der Waals surface area contributed by atoms with Crippen LogP contribution in [0.4, 0.5) is 5.69 Å². The second-order valence-corrected chi connectivity index (χ2v) is 5.89. The van der Waals surface area contributed by atoms with E-state index in [0.717, 1.165) is 0 Å². The van der Waals surface area contributed by atoms with Gasteiger partial charge in [0.1, 0.15) is 16.9 Å². The van der Waals surface area contributed by atoms with E-state index in [1.807, 2.05) is 0 Å². The van der Waals surface area contributed by atoms with Crippen molar-refractivity contribution in [1.82, 2.24) is 29.3 Å². The number of amides is 1. The molecule has 1 aromatic carbocycles. The number of nitrogens with one attached hydrogen (secondary N) is 1. The van der Waals surface area contributed by atoms with Gasteiger partial charge in [0, 0.05) is 32.7 Å². The largest absolute Gasteiger partial charge is 0.319 e. The second kappa shape index (κ2) is 6.45. The quantitative estimate of drug-likeness (QED) is 0.591. The molecule has 0 aliphatic rings. The highest BCUT2D eigenvalue weighted by Gasteiger charge is 2.16. The maximum atomic E-state index is 12.8. The number of aromatic nitrogens is 6. The van der Waals surface area contributed by atoms with E-state index in [0.29, 0.717) is 28.1 Å². The maximum absolute atomic E-state index is 12.8. The minimum Gasteiger partial charge on any atom is -0.319 e. The van der Waals surface area contributed by atoms with Crippen molar-refractivity contribution >= 4 is 22.5 Å². The fraction of sp³-hybridized carbons (Fsp3) is 0.111. The van der Waals surface area contributed by atoms with Gasteiger partial charge in [0.2, 0.25) is 0 Å². The van der Waals surface area contributed by atoms with Gasteiger partial charge in [-0.15, -0.1) is 0 Å². The highest BCUT2D eigenvalue weighted by molar-refractivity contribution is 6.07. The van der Waals surface area contributed by atoms with Crippen LogP contribution >= 0.6 is 0 Å². The van der Waals surface area contributed by atoms with Crippen LogP contribution in [0.2, 0.25) is 0 Å². The number of benzene rings is 1. The van der Waals surface area contributed by atoms with Crippen LogP contribution in [0.15, 0.2) is 53.8 Å². The molecule has 0 saturated heterocycles. The fourth-order valence-electron chi connectivity index (χ4n) is 2.82. The molecule has 3 aromatic heterocycles. The van der Waals surface area contributed by atoms with Crippen molar-refractivity contribution in [3.63, 3.8) is 0 Å². The van der Waals surface area contributed by atoms with E-state index in [2.05, 4.69) is 25.4 Å². The molecule has 0 bridgehead atoms. The number of carbonyl (C=O) groups excluding carboxylic acids is 1. The van der Waals surface area contributed by atoms with Crippen molar-refractivity contribution in [2.75, 3.05) is 5.32 Å². The Bertz CT molecular complexity index is 1210. The molecular formula is C18H15N7O2. The molecule has 0 unspecified atom stereocenters. The summed E-state index contributed by atoms with van der Waals surface area (Å²) in [5, 5.41) is 7.29. The maximum Gasteiger partial charge on any atom is 0.275 e. The minimum atomic E-state index is -0.430. The Morgan fingerprint density at radius 3 is 2.67 bits per heavy atom. The van der Waals surface area contributed by atoms with E-state index in [4.69, 9.17) is 0 Å². The Morgan fingerprint density at radius 2 is 1.96 bits per heavy atom. The van der Waals surface area contributed by atoms with E-state index in [-0.39, 0.29) is 11.3 Å². The number of carbonyl (C=O) groups is 1. The third-order valence-electron chi connectivity index (χ3n) is 4.20. The van der Waals surface area contributed by atoms with E-state index in [9.17, 15) is 9.59 Å². The van der Waals surface area contributed by atoms with Gasteiger partial charge in [0.25, 0.3) is 11.5 Å². The van der Waals surface area contributed by atoms with E-state index >= 15 is 0 Å². The molecule has 0 saturated carbocycles. The summed E-state index contributed by atoms with van der Waals surface area (Å²) in [7, 11) is 3.43. The molecule has 0 radical (unpaired) electrons. The molecule has 0 aliphatic carbocycles. The summed E-state index contributed by atoms with van der Waals surface area (Å²) in [5.41, 5.74) is 1.46. The van der Waals surface area contributed by atoms with Gasteiger partial charge in [-0.1, -0.05) is 6.07 Å². The molecule has 0 spiro atoms. The Morgan fingerprint density at radius 1 is 1.11 bits per heavy atom. The zero-order valence-electron chi connectivity index (χ0n) is 14.6. The van der Waals surface area contributed by atoms with Gasteiger partial charge < -0.3 is 5.32 Å². The highest BCUT2D eigenvalue weighted by atomic mass is 16.2. The van der Waals surface area contributed by atoms with E-state index in [1.54, 1.807) is 49.2 Å². The zero-order valence-corrected chi connectivity index (χ0v) is 14.6. The van der Waals surface area contributed by atoms with Crippen LogP contribution < -0.4 is 10.9 Å². The zero-order chi connectivity index (χ0) is 19.0. The summed E-state index contributed by atoms with van der Waals surface area (Å²) in [6.07, 6.45) is 5.92. The summed E-state index contributed by atoms with van der Waals surface area (Å²) in [6, 6.07) is 6.83. The molecule has 3 heterocycles. The summed E-state index contributed by atoms with van der Waals surface area (Å²) in [4.78, 5) is 37.8. The van der Waals surface area contributed by atoms with Crippen LogP contribution in [0.25, 0.3) is 22.4 Å². The molecule has 0 atom stereocenters. The second-order valence-electron chi connectivity index (χ2n) is 5.89. The molecule has 1 amide bonds. The van der Waals surface area contributed by atoms with Crippen LogP contribution in [0, 0.1) is 0 Å². The number of anilines is 1. The van der Waals surface area contributed by atoms with Crippen LogP contribution in [0.3, 0.4) is 0 Å². The van der Waals surface area contributed by atoms with Crippen molar-refractivity contribution in [1.29, 1.82) is 0 Å². The van der Waals surface area contributed by atoms with E-state index < -0.39 is 5.91 Å². The minimum absolute atomic E-state index is 0.171. The molecule has 1 N–H and O–H groups in total. The number of hydrogen-bond donors (Lipinski definition) is 1. The Hall–Kier alpha value is -3.88.